The zero-order chi connectivity index (χ0) is 20.0. The van der Waals surface area contributed by atoms with E-state index in [1.807, 2.05) is 24.4 Å². The fourth-order valence-corrected chi connectivity index (χ4v) is 4.97. The molecule has 2 aromatic heterocycles. The van der Waals surface area contributed by atoms with Gasteiger partial charge in [-0.05, 0) is 56.0 Å². The van der Waals surface area contributed by atoms with E-state index in [2.05, 4.69) is 40.3 Å². The van der Waals surface area contributed by atoms with Crippen molar-refractivity contribution in [3.8, 4) is 10.4 Å². The summed E-state index contributed by atoms with van der Waals surface area (Å²) in [4.78, 5) is 15.9. The zero-order valence-corrected chi connectivity index (χ0v) is 17.5. The highest BCUT2D eigenvalue weighted by Crippen LogP contribution is 2.39. The fourth-order valence-electron chi connectivity index (χ4n) is 3.75. The maximum atomic E-state index is 12.5. The number of ether oxygens (including phenoxy) is 1. The van der Waals surface area contributed by atoms with Crippen LogP contribution in [0.25, 0.3) is 20.5 Å². The van der Waals surface area contributed by atoms with Crippen LogP contribution in [0.5, 0.6) is 0 Å². The Bertz CT molecular complexity index is 1080. The van der Waals surface area contributed by atoms with Gasteiger partial charge in [0.15, 0.2) is 5.82 Å². The van der Waals surface area contributed by atoms with Gasteiger partial charge in [0.25, 0.3) is 5.91 Å². The molecule has 0 spiro atoms. The van der Waals surface area contributed by atoms with Crippen molar-refractivity contribution in [1.29, 1.82) is 0 Å². The second-order valence-corrected chi connectivity index (χ2v) is 9.01. The average molecular weight is 409 g/mol. The predicted octanol–water partition coefficient (Wildman–Crippen LogP) is 3.78. The van der Waals surface area contributed by atoms with E-state index in [9.17, 15) is 4.79 Å². The minimum absolute atomic E-state index is 0.0148. The summed E-state index contributed by atoms with van der Waals surface area (Å²) in [5.74, 6) is 0.941. The summed E-state index contributed by atoms with van der Waals surface area (Å²) in [5, 5.41) is 12.9. The van der Waals surface area contributed by atoms with E-state index in [0.717, 1.165) is 51.3 Å². The van der Waals surface area contributed by atoms with Crippen LogP contribution in [0.15, 0.2) is 30.5 Å². The topological polar surface area (TPSA) is 67.4 Å². The van der Waals surface area contributed by atoms with Crippen molar-refractivity contribution >= 4 is 33.1 Å². The van der Waals surface area contributed by atoms with Crippen molar-refractivity contribution in [2.75, 3.05) is 24.7 Å². The molecule has 1 aliphatic heterocycles. The van der Waals surface area contributed by atoms with Crippen LogP contribution < -0.4 is 10.2 Å². The molecule has 2 aliphatic rings. The van der Waals surface area contributed by atoms with Crippen molar-refractivity contribution < 1.29 is 9.53 Å². The Morgan fingerprint density at radius 3 is 2.97 bits per heavy atom. The number of nitrogens with zero attached hydrogens (tertiary/aromatic N) is 3. The molecular formula is C22H24N4O2S. The number of carbonyl (C=O) groups is 1. The normalized spacial score (nSPS) is 19.5. The van der Waals surface area contributed by atoms with Crippen molar-refractivity contribution in [1.82, 2.24) is 15.5 Å². The Morgan fingerprint density at radius 2 is 2.17 bits per heavy atom. The minimum atomic E-state index is 0.0148. The van der Waals surface area contributed by atoms with Crippen LogP contribution in [-0.2, 0) is 4.74 Å². The van der Waals surface area contributed by atoms with E-state index in [-0.39, 0.29) is 11.9 Å². The van der Waals surface area contributed by atoms with Crippen LogP contribution >= 0.6 is 11.3 Å². The molecule has 5 rings (SSSR count). The van der Waals surface area contributed by atoms with Crippen LogP contribution in [0.3, 0.4) is 0 Å². The molecule has 2 fully saturated rings. The first kappa shape index (κ1) is 18.5. The van der Waals surface area contributed by atoms with Gasteiger partial charge in [-0.25, -0.2) is 0 Å². The molecule has 0 unspecified atom stereocenters. The van der Waals surface area contributed by atoms with E-state index in [0.29, 0.717) is 24.8 Å². The SMILES string of the molecule is Cc1ccc(C(=O)NC2CC2)cc1-c1cc2cnnc(N3CCOC[C@@H]3C)c2s1. The van der Waals surface area contributed by atoms with Crippen molar-refractivity contribution in [2.24, 2.45) is 0 Å². The van der Waals surface area contributed by atoms with Gasteiger partial charge in [-0.1, -0.05) is 6.07 Å². The van der Waals surface area contributed by atoms with E-state index < -0.39 is 0 Å². The van der Waals surface area contributed by atoms with Gasteiger partial charge in [0.05, 0.1) is 30.2 Å². The lowest BCUT2D eigenvalue weighted by Crippen LogP contribution is -2.44. The maximum Gasteiger partial charge on any atom is 0.251 e. The van der Waals surface area contributed by atoms with Gasteiger partial charge in [-0.3, -0.25) is 4.79 Å². The molecule has 0 radical (unpaired) electrons. The second kappa shape index (κ2) is 7.39. The van der Waals surface area contributed by atoms with Gasteiger partial charge >= 0.3 is 0 Å². The summed E-state index contributed by atoms with van der Waals surface area (Å²) >= 11 is 1.72. The number of aryl methyl sites for hydroxylation is 1. The van der Waals surface area contributed by atoms with Crippen LogP contribution in [0.4, 0.5) is 5.82 Å². The van der Waals surface area contributed by atoms with Crippen LogP contribution in [-0.4, -0.2) is 47.9 Å². The first-order valence-electron chi connectivity index (χ1n) is 10.1. The highest BCUT2D eigenvalue weighted by atomic mass is 32.1. The monoisotopic (exact) mass is 408 g/mol. The molecule has 1 atom stereocenters. The summed E-state index contributed by atoms with van der Waals surface area (Å²) in [6.45, 7) is 6.47. The molecule has 1 saturated carbocycles. The summed E-state index contributed by atoms with van der Waals surface area (Å²) in [7, 11) is 0. The Kier molecular flexibility index (Phi) is 4.72. The molecule has 3 aromatic rings. The Labute approximate surface area is 173 Å². The fraction of sp³-hybridized carbons (Fsp3) is 0.409. The number of aromatic nitrogens is 2. The number of morpholine rings is 1. The third-order valence-corrected chi connectivity index (χ3v) is 6.81. The summed E-state index contributed by atoms with van der Waals surface area (Å²) in [6, 6.07) is 8.73. The highest BCUT2D eigenvalue weighted by Gasteiger charge is 2.25. The number of hydrogen-bond acceptors (Lipinski definition) is 6. The molecule has 6 nitrogen and oxygen atoms in total. The number of benzene rings is 1. The molecule has 29 heavy (non-hydrogen) atoms. The first-order valence-corrected chi connectivity index (χ1v) is 10.9. The van der Waals surface area contributed by atoms with E-state index in [4.69, 9.17) is 4.74 Å². The number of rotatable bonds is 4. The van der Waals surface area contributed by atoms with E-state index >= 15 is 0 Å². The number of anilines is 1. The standard InChI is InChI=1S/C22H24N4O2S/c1-13-3-4-15(22(27)24-17-5-6-17)9-18(13)19-10-16-11-23-25-21(20(16)29-19)26-7-8-28-12-14(26)2/h3-4,9-11,14,17H,5-8,12H2,1-2H3,(H,24,27)/t14-/m0/s1. The number of thiophene rings is 1. The predicted molar refractivity (Wildman–Crippen MR) is 116 cm³/mol. The molecule has 1 saturated heterocycles. The number of nitrogens with one attached hydrogen (secondary N) is 1. The highest BCUT2D eigenvalue weighted by molar-refractivity contribution is 7.22. The maximum absolute atomic E-state index is 12.5. The van der Waals surface area contributed by atoms with E-state index in [1.165, 1.54) is 0 Å². The molecule has 1 N–H and O–H groups in total. The minimum Gasteiger partial charge on any atom is -0.377 e. The van der Waals surface area contributed by atoms with Crippen LogP contribution in [0.2, 0.25) is 0 Å². The molecule has 1 amide bonds. The number of carbonyl (C=O) groups excluding carboxylic acids is 1. The smallest absolute Gasteiger partial charge is 0.251 e. The molecule has 0 bridgehead atoms. The quantitative estimate of drug-likeness (QED) is 0.712. The number of fused-ring (bicyclic) bond motifs is 1. The van der Waals surface area contributed by atoms with Crippen molar-refractivity contribution in [3.05, 3.63) is 41.6 Å². The largest absolute Gasteiger partial charge is 0.377 e. The lowest BCUT2D eigenvalue weighted by Gasteiger charge is -2.34. The number of amides is 1. The second-order valence-electron chi connectivity index (χ2n) is 7.96. The lowest BCUT2D eigenvalue weighted by molar-refractivity contribution is 0.0951. The Hall–Kier alpha value is -2.51. The van der Waals surface area contributed by atoms with Crippen LogP contribution in [0.1, 0.15) is 35.7 Å². The lowest BCUT2D eigenvalue weighted by atomic mass is 10.0. The zero-order valence-electron chi connectivity index (χ0n) is 16.6. The molecule has 1 aliphatic carbocycles. The average Bonchev–Trinajstić information content (AvgIpc) is 3.43. The summed E-state index contributed by atoms with van der Waals surface area (Å²) in [5.41, 5.74) is 2.96. The van der Waals surface area contributed by atoms with Gasteiger partial charge in [-0.15, -0.1) is 16.4 Å². The van der Waals surface area contributed by atoms with Gasteiger partial charge in [0, 0.05) is 28.4 Å². The third kappa shape index (κ3) is 3.60. The summed E-state index contributed by atoms with van der Waals surface area (Å²) in [6.07, 6.45) is 4.00. The third-order valence-electron chi connectivity index (χ3n) is 5.63. The Morgan fingerprint density at radius 1 is 1.31 bits per heavy atom. The van der Waals surface area contributed by atoms with E-state index in [1.54, 1.807) is 11.3 Å². The Balaban J connectivity index is 1.54. The van der Waals surface area contributed by atoms with Gasteiger partial charge in [-0.2, -0.15) is 5.10 Å². The molecule has 3 heterocycles. The van der Waals surface area contributed by atoms with Crippen LogP contribution in [0, 0.1) is 6.92 Å². The van der Waals surface area contributed by atoms with Crippen molar-refractivity contribution in [3.63, 3.8) is 0 Å². The number of hydrogen-bond donors (Lipinski definition) is 1. The van der Waals surface area contributed by atoms with Gasteiger partial charge < -0.3 is 15.0 Å². The van der Waals surface area contributed by atoms with Gasteiger partial charge in [0.1, 0.15) is 0 Å². The summed E-state index contributed by atoms with van der Waals surface area (Å²) < 4.78 is 6.71. The molecule has 7 heteroatoms. The molecule has 150 valence electrons. The first-order chi connectivity index (χ1) is 14.1. The molecular weight excluding hydrogens is 384 g/mol. The van der Waals surface area contributed by atoms with Gasteiger partial charge in [0.2, 0.25) is 0 Å². The molecule has 1 aromatic carbocycles. The van der Waals surface area contributed by atoms with Crippen molar-refractivity contribution in [2.45, 2.75) is 38.8 Å².